The first-order valence-corrected chi connectivity index (χ1v) is 6.71. The van der Waals surface area contributed by atoms with Crippen LogP contribution in [-0.2, 0) is 6.54 Å². The van der Waals surface area contributed by atoms with Crippen LogP contribution in [0.25, 0.3) is 21.9 Å². The fraction of sp³-hybridized carbons (Fsp3) is 0.0667. The predicted molar refractivity (Wildman–Crippen MR) is 81.5 cm³/mol. The minimum atomic E-state index is -0.438. The standard InChI is InChI=1S/C15H11N5O2/c21-14-11-8-19-15(20-12(11)3-5-22-14)18-7-9-6-17-13-10(9)2-1-4-16-13/h1-6,8H,7H2,(H,16,17)(H,18,19,20). The van der Waals surface area contributed by atoms with Crippen molar-refractivity contribution in [3.8, 4) is 0 Å². The van der Waals surface area contributed by atoms with Gasteiger partial charge in [-0.3, -0.25) is 0 Å². The summed E-state index contributed by atoms with van der Waals surface area (Å²) in [5, 5.41) is 4.57. The Bertz CT molecular complexity index is 1020. The molecule has 0 bridgehead atoms. The molecule has 4 heterocycles. The molecule has 4 rings (SSSR count). The Morgan fingerprint density at radius 1 is 1.23 bits per heavy atom. The van der Waals surface area contributed by atoms with Gasteiger partial charge in [0, 0.05) is 36.6 Å². The van der Waals surface area contributed by atoms with Crippen molar-refractivity contribution in [1.82, 2.24) is 19.9 Å². The van der Waals surface area contributed by atoms with Crippen LogP contribution in [0.3, 0.4) is 0 Å². The van der Waals surface area contributed by atoms with Gasteiger partial charge in [-0.1, -0.05) is 0 Å². The molecular formula is C15H11N5O2. The average molecular weight is 293 g/mol. The monoisotopic (exact) mass is 293 g/mol. The van der Waals surface area contributed by atoms with E-state index in [9.17, 15) is 4.79 Å². The van der Waals surface area contributed by atoms with Crippen molar-refractivity contribution in [3.05, 3.63) is 59.0 Å². The summed E-state index contributed by atoms with van der Waals surface area (Å²) in [5.74, 6) is 0.455. The van der Waals surface area contributed by atoms with Crippen molar-refractivity contribution in [3.63, 3.8) is 0 Å². The van der Waals surface area contributed by atoms with E-state index in [0.29, 0.717) is 23.4 Å². The van der Waals surface area contributed by atoms with Crippen LogP contribution < -0.4 is 10.9 Å². The van der Waals surface area contributed by atoms with Gasteiger partial charge in [0.1, 0.15) is 11.0 Å². The van der Waals surface area contributed by atoms with Crippen LogP contribution in [0.1, 0.15) is 5.56 Å². The van der Waals surface area contributed by atoms with Crippen LogP contribution in [0, 0.1) is 0 Å². The molecule has 0 unspecified atom stereocenters. The molecule has 7 nitrogen and oxygen atoms in total. The zero-order chi connectivity index (χ0) is 14.9. The van der Waals surface area contributed by atoms with Crippen LogP contribution in [0.15, 0.2) is 52.3 Å². The molecule has 0 spiro atoms. The second kappa shape index (κ2) is 4.96. The van der Waals surface area contributed by atoms with Crippen LogP contribution in [0.4, 0.5) is 5.95 Å². The second-order valence-corrected chi connectivity index (χ2v) is 4.77. The minimum absolute atomic E-state index is 0.365. The number of rotatable bonds is 3. The van der Waals surface area contributed by atoms with Crippen molar-refractivity contribution in [2.45, 2.75) is 6.54 Å². The van der Waals surface area contributed by atoms with Crippen molar-refractivity contribution in [2.24, 2.45) is 0 Å². The summed E-state index contributed by atoms with van der Waals surface area (Å²) in [4.78, 5) is 27.3. The van der Waals surface area contributed by atoms with Crippen LogP contribution in [0.2, 0.25) is 0 Å². The lowest BCUT2D eigenvalue weighted by atomic mass is 10.2. The maximum Gasteiger partial charge on any atom is 0.346 e. The summed E-state index contributed by atoms with van der Waals surface area (Å²) < 4.78 is 4.78. The van der Waals surface area contributed by atoms with Gasteiger partial charge in [-0.25, -0.2) is 19.7 Å². The Hall–Kier alpha value is -3.22. The molecule has 0 saturated carbocycles. The lowest BCUT2D eigenvalue weighted by Gasteiger charge is -2.04. The van der Waals surface area contributed by atoms with E-state index in [1.807, 2.05) is 18.3 Å². The molecule has 0 aliphatic carbocycles. The highest BCUT2D eigenvalue weighted by atomic mass is 16.4. The average Bonchev–Trinajstić information content (AvgIpc) is 2.96. The molecule has 0 aliphatic rings. The Morgan fingerprint density at radius 3 is 3.14 bits per heavy atom. The van der Waals surface area contributed by atoms with Crippen molar-refractivity contribution in [2.75, 3.05) is 5.32 Å². The summed E-state index contributed by atoms with van der Waals surface area (Å²) in [6, 6.07) is 5.53. The maximum atomic E-state index is 11.5. The third-order valence-electron chi connectivity index (χ3n) is 3.41. The van der Waals surface area contributed by atoms with Crippen molar-refractivity contribution >= 4 is 27.9 Å². The Balaban J connectivity index is 1.62. The van der Waals surface area contributed by atoms with Gasteiger partial charge in [0.15, 0.2) is 0 Å². The quantitative estimate of drug-likeness (QED) is 0.600. The van der Waals surface area contributed by atoms with E-state index < -0.39 is 5.63 Å². The third-order valence-corrected chi connectivity index (χ3v) is 3.41. The molecule has 0 atom stereocenters. The zero-order valence-electron chi connectivity index (χ0n) is 11.4. The van der Waals surface area contributed by atoms with Crippen LogP contribution in [-0.4, -0.2) is 19.9 Å². The lowest BCUT2D eigenvalue weighted by Crippen LogP contribution is -2.06. The van der Waals surface area contributed by atoms with Crippen molar-refractivity contribution in [1.29, 1.82) is 0 Å². The summed E-state index contributed by atoms with van der Waals surface area (Å²) in [6.45, 7) is 0.554. The van der Waals surface area contributed by atoms with E-state index in [2.05, 4.69) is 25.3 Å². The summed E-state index contributed by atoms with van der Waals surface area (Å²) in [7, 11) is 0. The van der Waals surface area contributed by atoms with E-state index in [1.54, 1.807) is 12.3 Å². The number of hydrogen-bond donors (Lipinski definition) is 2. The van der Waals surface area contributed by atoms with Gasteiger partial charge in [-0.2, -0.15) is 0 Å². The molecule has 0 aliphatic heterocycles. The molecule has 4 aromatic rings. The number of pyridine rings is 1. The number of anilines is 1. The van der Waals surface area contributed by atoms with Crippen molar-refractivity contribution < 1.29 is 4.42 Å². The van der Waals surface area contributed by atoms with Crippen LogP contribution >= 0.6 is 0 Å². The van der Waals surface area contributed by atoms with E-state index >= 15 is 0 Å². The maximum absolute atomic E-state index is 11.5. The smallest absolute Gasteiger partial charge is 0.346 e. The van der Waals surface area contributed by atoms with E-state index in [0.717, 1.165) is 16.6 Å². The van der Waals surface area contributed by atoms with Gasteiger partial charge < -0.3 is 14.7 Å². The topological polar surface area (TPSA) is 96.7 Å². The highest BCUT2D eigenvalue weighted by Gasteiger charge is 2.06. The molecular weight excluding hydrogens is 282 g/mol. The molecule has 2 N–H and O–H groups in total. The zero-order valence-corrected chi connectivity index (χ0v) is 11.4. The van der Waals surface area contributed by atoms with Gasteiger partial charge in [0.05, 0.1) is 11.8 Å². The molecule has 0 amide bonds. The number of nitrogens with one attached hydrogen (secondary N) is 2. The first-order chi connectivity index (χ1) is 10.8. The molecule has 0 saturated heterocycles. The number of fused-ring (bicyclic) bond motifs is 2. The summed E-state index contributed by atoms with van der Waals surface area (Å²) in [6.07, 6.45) is 6.44. The van der Waals surface area contributed by atoms with Gasteiger partial charge in [0.2, 0.25) is 5.95 Å². The molecule has 4 aromatic heterocycles. The second-order valence-electron chi connectivity index (χ2n) is 4.77. The highest BCUT2D eigenvalue weighted by Crippen LogP contribution is 2.17. The number of H-pyrrole nitrogens is 1. The Kier molecular flexibility index (Phi) is 2.82. The Labute approximate surface area is 124 Å². The van der Waals surface area contributed by atoms with Gasteiger partial charge in [-0.05, 0) is 17.7 Å². The summed E-state index contributed by atoms with van der Waals surface area (Å²) in [5.41, 5.74) is 2.02. The fourth-order valence-electron chi connectivity index (χ4n) is 2.32. The largest absolute Gasteiger partial charge is 0.431 e. The van der Waals surface area contributed by atoms with Gasteiger partial charge in [-0.15, -0.1) is 0 Å². The predicted octanol–water partition coefficient (Wildman–Crippen LogP) is 2.07. The molecule has 108 valence electrons. The van der Waals surface area contributed by atoms with E-state index in [1.165, 1.54) is 12.5 Å². The number of aromatic amines is 1. The molecule has 7 heteroatoms. The number of aromatic nitrogens is 4. The van der Waals surface area contributed by atoms with E-state index in [-0.39, 0.29) is 0 Å². The number of nitrogens with zero attached hydrogens (tertiary/aromatic N) is 3. The molecule has 0 radical (unpaired) electrons. The third kappa shape index (κ3) is 2.08. The lowest BCUT2D eigenvalue weighted by molar-refractivity contribution is 0.519. The highest BCUT2D eigenvalue weighted by molar-refractivity contribution is 5.80. The van der Waals surface area contributed by atoms with Gasteiger partial charge in [0.25, 0.3) is 0 Å². The Morgan fingerprint density at radius 2 is 2.18 bits per heavy atom. The molecule has 0 aromatic carbocycles. The van der Waals surface area contributed by atoms with E-state index in [4.69, 9.17) is 4.42 Å². The fourth-order valence-corrected chi connectivity index (χ4v) is 2.32. The van der Waals surface area contributed by atoms with Crippen LogP contribution in [0.5, 0.6) is 0 Å². The first-order valence-electron chi connectivity index (χ1n) is 6.71. The van der Waals surface area contributed by atoms with Gasteiger partial charge >= 0.3 is 5.63 Å². The summed E-state index contributed by atoms with van der Waals surface area (Å²) >= 11 is 0. The SMILES string of the molecule is O=c1occc2nc(NCc3c[nH]c4ncccc34)ncc12. The normalized spacial score (nSPS) is 11.1. The molecule has 22 heavy (non-hydrogen) atoms. The molecule has 0 fully saturated rings. The first kappa shape index (κ1) is 12.5. The number of hydrogen-bond acceptors (Lipinski definition) is 6. The minimum Gasteiger partial charge on any atom is -0.431 e.